The third-order valence-corrected chi connectivity index (χ3v) is 2.78. The summed E-state index contributed by atoms with van der Waals surface area (Å²) in [6.07, 6.45) is 1.51. The Morgan fingerprint density at radius 3 is 2.53 bits per heavy atom. The molecular formula is C12H11Cl2N3. The van der Waals surface area contributed by atoms with Crippen LogP contribution in [0.5, 0.6) is 0 Å². The van der Waals surface area contributed by atoms with Crippen LogP contribution in [0.1, 0.15) is 6.92 Å². The third kappa shape index (κ3) is 2.68. The van der Waals surface area contributed by atoms with Gasteiger partial charge in [0.25, 0.3) is 0 Å². The second-order valence-corrected chi connectivity index (χ2v) is 4.14. The minimum atomic E-state index is 0.193. The van der Waals surface area contributed by atoms with Crippen molar-refractivity contribution in [2.24, 2.45) is 0 Å². The molecule has 1 aromatic carbocycles. The normalized spacial score (nSPS) is 10.3. The summed E-state index contributed by atoms with van der Waals surface area (Å²) in [5.74, 6) is 0.625. The first-order chi connectivity index (χ1) is 8.22. The van der Waals surface area contributed by atoms with E-state index in [1.807, 2.05) is 42.2 Å². The molecule has 0 aliphatic heterocycles. The van der Waals surface area contributed by atoms with Gasteiger partial charge in [-0.05, 0) is 30.7 Å². The van der Waals surface area contributed by atoms with E-state index in [9.17, 15) is 0 Å². The average molecular weight is 268 g/mol. The van der Waals surface area contributed by atoms with E-state index in [-0.39, 0.29) is 5.28 Å². The molecule has 17 heavy (non-hydrogen) atoms. The van der Waals surface area contributed by atoms with Gasteiger partial charge >= 0.3 is 0 Å². The topological polar surface area (TPSA) is 29.0 Å². The molecule has 0 saturated carbocycles. The molecule has 2 rings (SSSR count). The monoisotopic (exact) mass is 267 g/mol. The summed E-state index contributed by atoms with van der Waals surface area (Å²) < 4.78 is 0. The molecule has 0 aliphatic carbocycles. The summed E-state index contributed by atoms with van der Waals surface area (Å²) >= 11 is 11.9. The zero-order chi connectivity index (χ0) is 12.3. The van der Waals surface area contributed by atoms with Crippen molar-refractivity contribution in [1.29, 1.82) is 0 Å². The van der Waals surface area contributed by atoms with E-state index < -0.39 is 0 Å². The van der Waals surface area contributed by atoms with Crippen LogP contribution in [-0.4, -0.2) is 16.5 Å². The second kappa shape index (κ2) is 5.34. The summed E-state index contributed by atoms with van der Waals surface area (Å²) in [7, 11) is 0. The lowest BCUT2D eigenvalue weighted by Crippen LogP contribution is -2.18. The Morgan fingerprint density at radius 2 is 1.88 bits per heavy atom. The molecule has 88 valence electrons. The Morgan fingerprint density at radius 1 is 1.18 bits per heavy atom. The van der Waals surface area contributed by atoms with Gasteiger partial charge in [0.15, 0.2) is 5.82 Å². The average Bonchev–Trinajstić information content (AvgIpc) is 2.36. The van der Waals surface area contributed by atoms with Crippen LogP contribution < -0.4 is 4.90 Å². The van der Waals surface area contributed by atoms with Crippen LogP contribution in [0.3, 0.4) is 0 Å². The molecule has 5 heteroatoms. The maximum Gasteiger partial charge on any atom is 0.224 e. The second-order valence-electron chi connectivity index (χ2n) is 3.39. The van der Waals surface area contributed by atoms with Crippen LogP contribution in [0, 0.1) is 0 Å². The summed E-state index contributed by atoms with van der Waals surface area (Å²) in [4.78, 5) is 10.00. The molecule has 0 saturated heterocycles. The Hall–Kier alpha value is -1.32. The van der Waals surface area contributed by atoms with Gasteiger partial charge in [0, 0.05) is 12.2 Å². The van der Waals surface area contributed by atoms with Crippen molar-refractivity contribution in [2.75, 3.05) is 11.4 Å². The summed E-state index contributed by atoms with van der Waals surface area (Å²) in [5, 5.41) is 0.680. The largest absolute Gasteiger partial charge is 0.325 e. The molecule has 0 unspecified atom stereocenters. The number of hydrogen-bond donors (Lipinski definition) is 0. The van der Waals surface area contributed by atoms with E-state index in [4.69, 9.17) is 23.2 Å². The number of nitrogens with zero attached hydrogens (tertiary/aromatic N) is 3. The molecule has 1 heterocycles. The standard InChI is InChI=1S/C12H11Cl2N3/c1-2-17(9-6-4-3-5-7-9)11-10(13)8-15-12(14)16-11/h3-8H,2H2,1H3. The highest BCUT2D eigenvalue weighted by Crippen LogP contribution is 2.29. The van der Waals surface area contributed by atoms with Gasteiger partial charge < -0.3 is 4.90 Å². The number of aromatic nitrogens is 2. The van der Waals surface area contributed by atoms with Gasteiger partial charge in [-0.1, -0.05) is 29.8 Å². The molecule has 0 atom stereocenters. The molecule has 2 aromatic rings. The first-order valence-corrected chi connectivity index (χ1v) is 5.98. The number of rotatable bonds is 3. The van der Waals surface area contributed by atoms with Gasteiger partial charge in [0.05, 0.1) is 6.20 Å². The Kier molecular flexibility index (Phi) is 3.82. The van der Waals surface area contributed by atoms with Gasteiger partial charge in [-0.3, -0.25) is 0 Å². The Balaban J connectivity index is 2.46. The highest BCUT2D eigenvalue weighted by atomic mass is 35.5. The van der Waals surface area contributed by atoms with E-state index in [2.05, 4.69) is 9.97 Å². The van der Waals surface area contributed by atoms with Crippen LogP contribution in [0.4, 0.5) is 11.5 Å². The molecule has 0 N–H and O–H groups in total. The molecule has 3 nitrogen and oxygen atoms in total. The van der Waals surface area contributed by atoms with E-state index in [1.165, 1.54) is 6.20 Å². The zero-order valence-electron chi connectivity index (χ0n) is 9.27. The fraction of sp³-hybridized carbons (Fsp3) is 0.167. The van der Waals surface area contributed by atoms with Crippen molar-refractivity contribution in [2.45, 2.75) is 6.92 Å². The number of para-hydroxylation sites is 1. The van der Waals surface area contributed by atoms with Crippen LogP contribution in [0.2, 0.25) is 10.3 Å². The van der Waals surface area contributed by atoms with E-state index in [1.54, 1.807) is 0 Å². The summed E-state index contributed by atoms with van der Waals surface area (Å²) in [6, 6.07) is 9.89. The summed E-state index contributed by atoms with van der Waals surface area (Å²) in [6.45, 7) is 2.77. The number of halogens is 2. The van der Waals surface area contributed by atoms with Crippen molar-refractivity contribution in [3.63, 3.8) is 0 Å². The first kappa shape index (κ1) is 12.1. The van der Waals surface area contributed by atoms with Gasteiger partial charge in [-0.2, -0.15) is 4.98 Å². The van der Waals surface area contributed by atoms with Crippen LogP contribution >= 0.6 is 23.2 Å². The van der Waals surface area contributed by atoms with Crippen molar-refractivity contribution in [3.05, 3.63) is 46.8 Å². The van der Waals surface area contributed by atoms with Gasteiger partial charge in [0.2, 0.25) is 5.28 Å². The van der Waals surface area contributed by atoms with Crippen LogP contribution in [0.15, 0.2) is 36.5 Å². The molecule has 0 radical (unpaired) electrons. The highest BCUT2D eigenvalue weighted by molar-refractivity contribution is 6.33. The molecule has 0 fully saturated rings. The van der Waals surface area contributed by atoms with E-state index in [0.717, 1.165) is 12.2 Å². The SMILES string of the molecule is CCN(c1ccccc1)c1nc(Cl)ncc1Cl. The molecular weight excluding hydrogens is 257 g/mol. The highest BCUT2D eigenvalue weighted by Gasteiger charge is 2.13. The quantitative estimate of drug-likeness (QED) is 0.789. The lowest BCUT2D eigenvalue weighted by molar-refractivity contribution is 0.976. The maximum atomic E-state index is 6.09. The van der Waals surface area contributed by atoms with Crippen LogP contribution in [0.25, 0.3) is 0 Å². The fourth-order valence-electron chi connectivity index (χ4n) is 1.59. The van der Waals surface area contributed by atoms with E-state index in [0.29, 0.717) is 10.8 Å². The molecule has 0 amide bonds. The van der Waals surface area contributed by atoms with Gasteiger partial charge in [-0.25, -0.2) is 4.98 Å². The minimum Gasteiger partial charge on any atom is -0.325 e. The molecule has 0 aliphatic rings. The van der Waals surface area contributed by atoms with E-state index >= 15 is 0 Å². The smallest absolute Gasteiger partial charge is 0.224 e. The Bertz CT molecular complexity index is 502. The van der Waals surface area contributed by atoms with Crippen LogP contribution in [-0.2, 0) is 0 Å². The zero-order valence-corrected chi connectivity index (χ0v) is 10.8. The lowest BCUT2D eigenvalue weighted by Gasteiger charge is -2.22. The number of hydrogen-bond acceptors (Lipinski definition) is 3. The fourth-order valence-corrected chi connectivity index (χ4v) is 1.91. The van der Waals surface area contributed by atoms with Gasteiger partial charge in [-0.15, -0.1) is 0 Å². The summed E-state index contributed by atoms with van der Waals surface area (Å²) in [5.41, 5.74) is 1.02. The predicted molar refractivity (Wildman–Crippen MR) is 71.2 cm³/mol. The molecule has 0 bridgehead atoms. The van der Waals surface area contributed by atoms with Gasteiger partial charge in [0.1, 0.15) is 5.02 Å². The van der Waals surface area contributed by atoms with Crippen molar-refractivity contribution < 1.29 is 0 Å². The lowest BCUT2D eigenvalue weighted by atomic mass is 10.3. The number of anilines is 2. The first-order valence-electron chi connectivity index (χ1n) is 5.23. The van der Waals surface area contributed by atoms with Crippen molar-refractivity contribution >= 4 is 34.7 Å². The third-order valence-electron chi connectivity index (χ3n) is 2.34. The van der Waals surface area contributed by atoms with Crippen molar-refractivity contribution in [1.82, 2.24) is 9.97 Å². The van der Waals surface area contributed by atoms with Crippen molar-refractivity contribution in [3.8, 4) is 0 Å². The molecule has 0 spiro atoms. The Labute approximate surface area is 110 Å². The number of benzene rings is 1. The minimum absolute atomic E-state index is 0.193. The predicted octanol–water partition coefficient (Wildman–Crippen LogP) is 3.94. The molecule has 1 aromatic heterocycles. The maximum absolute atomic E-state index is 6.09.